The highest BCUT2D eigenvalue weighted by atomic mass is 16.3. The third-order valence-electron chi connectivity index (χ3n) is 9.79. The lowest BCUT2D eigenvalue weighted by atomic mass is 9.95. The average Bonchev–Trinajstić information content (AvgIpc) is 3.13. The normalized spacial score (nSPS) is 19.8. The van der Waals surface area contributed by atoms with Gasteiger partial charge in [-0.25, -0.2) is 0 Å². The molecule has 0 saturated heterocycles. The van der Waals surface area contributed by atoms with E-state index in [1.807, 2.05) is 58.3 Å². The van der Waals surface area contributed by atoms with Gasteiger partial charge >= 0.3 is 0 Å². The van der Waals surface area contributed by atoms with Crippen LogP contribution in [-0.4, -0.2) is 130 Å². The molecular formula is C39H62N8O6. The number of hydrogen-bond acceptors (Lipinski definition) is 10. The fourth-order valence-electron chi connectivity index (χ4n) is 6.66. The van der Waals surface area contributed by atoms with E-state index in [2.05, 4.69) is 37.2 Å². The van der Waals surface area contributed by atoms with Crippen LogP contribution in [-0.2, 0) is 32.0 Å². The smallest absolute Gasteiger partial charge is 0.245 e. The summed E-state index contributed by atoms with van der Waals surface area (Å²) in [6, 6.07) is 8.92. The summed E-state index contributed by atoms with van der Waals surface area (Å²) in [5, 5.41) is 42.6. The molecule has 1 heterocycles. The third kappa shape index (κ3) is 13.1. The van der Waals surface area contributed by atoms with Gasteiger partial charge in [0.05, 0.1) is 12.1 Å². The first kappa shape index (κ1) is 43.3. The van der Waals surface area contributed by atoms with Crippen LogP contribution >= 0.6 is 0 Å². The minimum absolute atomic E-state index is 0.0334. The number of carbonyl (C=O) groups is 4. The monoisotopic (exact) mass is 738 g/mol. The number of aromatic hydroxyl groups is 1. The van der Waals surface area contributed by atoms with Crippen molar-refractivity contribution < 1.29 is 29.4 Å². The lowest BCUT2D eigenvalue weighted by Gasteiger charge is -2.33. The number of fused-ring (bicyclic) bond motifs is 5. The maximum atomic E-state index is 14.4. The second-order valence-electron chi connectivity index (χ2n) is 14.4. The Morgan fingerprint density at radius 1 is 0.981 bits per heavy atom. The molecule has 14 nitrogen and oxygen atoms in total. The zero-order valence-corrected chi connectivity index (χ0v) is 32.4. The highest BCUT2D eigenvalue weighted by Crippen LogP contribution is 2.28. The number of likely N-dealkylation sites (N-methyl/N-ethyl adjacent to an activating group) is 4. The number of phenolic OH excluding ortho intramolecular Hbond substituents is 1. The van der Waals surface area contributed by atoms with Crippen LogP contribution in [0.3, 0.4) is 0 Å². The number of phenols is 1. The first-order chi connectivity index (χ1) is 25.3. The predicted molar refractivity (Wildman–Crippen MR) is 207 cm³/mol. The van der Waals surface area contributed by atoms with E-state index in [0.717, 1.165) is 36.1 Å². The van der Waals surface area contributed by atoms with E-state index in [9.17, 15) is 29.4 Å². The van der Waals surface area contributed by atoms with Crippen molar-refractivity contribution in [3.8, 4) is 16.9 Å². The number of amides is 4. The van der Waals surface area contributed by atoms with Crippen molar-refractivity contribution in [2.24, 2.45) is 5.92 Å². The number of rotatable bonds is 17. The van der Waals surface area contributed by atoms with Crippen LogP contribution < -0.4 is 37.2 Å². The first-order valence-corrected chi connectivity index (χ1v) is 18.7. The third-order valence-corrected chi connectivity index (χ3v) is 9.79. The van der Waals surface area contributed by atoms with Gasteiger partial charge in [-0.3, -0.25) is 19.2 Å². The van der Waals surface area contributed by atoms with Crippen LogP contribution in [0.2, 0.25) is 0 Å². The summed E-state index contributed by atoms with van der Waals surface area (Å²) < 4.78 is 0. The van der Waals surface area contributed by atoms with Gasteiger partial charge < -0.3 is 52.3 Å². The number of carbonyl (C=O) groups excluding carboxylic acids is 4. The van der Waals surface area contributed by atoms with Gasteiger partial charge in [0.25, 0.3) is 0 Å². The summed E-state index contributed by atoms with van der Waals surface area (Å²) in [5.74, 6) is -1.79. The van der Waals surface area contributed by atoms with E-state index in [-0.39, 0.29) is 49.4 Å². The molecular weight excluding hydrogens is 676 g/mol. The van der Waals surface area contributed by atoms with Crippen molar-refractivity contribution in [1.29, 1.82) is 0 Å². The number of nitrogens with zero attached hydrogens (tertiary/aromatic N) is 1. The molecule has 1 aliphatic heterocycles. The van der Waals surface area contributed by atoms with E-state index < -0.39 is 48.0 Å². The van der Waals surface area contributed by atoms with Crippen molar-refractivity contribution in [2.45, 2.75) is 88.7 Å². The second-order valence-corrected chi connectivity index (χ2v) is 14.4. The Morgan fingerprint density at radius 2 is 1.72 bits per heavy atom. The molecule has 0 radical (unpaired) electrons. The van der Waals surface area contributed by atoms with E-state index >= 15 is 0 Å². The zero-order valence-electron chi connectivity index (χ0n) is 32.4. The highest BCUT2D eigenvalue weighted by molar-refractivity contribution is 5.95. The molecule has 4 amide bonds. The SMILES string of the molecule is CNCCC[C@@H](CNC(=O)[C@H](CC(C)C)NC(=O)[C@@H]1Cc2cccc(c2)-c2ccc(O)c(c2)C[C@H](NC)C(=O)N[C@@H](C[C@@H](O)CNC)C(=O)N1C)NC. The summed E-state index contributed by atoms with van der Waals surface area (Å²) in [4.78, 5) is 57.4. The Labute approximate surface area is 314 Å². The van der Waals surface area contributed by atoms with Crippen molar-refractivity contribution in [3.63, 3.8) is 0 Å². The van der Waals surface area contributed by atoms with Crippen LogP contribution in [0.25, 0.3) is 11.1 Å². The maximum Gasteiger partial charge on any atom is 0.245 e. The van der Waals surface area contributed by atoms with Gasteiger partial charge in [0.1, 0.15) is 23.9 Å². The number of benzene rings is 2. The van der Waals surface area contributed by atoms with E-state index in [1.54, 1.807) is 26.2 Å². The number of aliphatic hydroxyl groups excluding tert-OH is 1. The molecule has 3 rings (SSSR count). The Bertz CT molecular complexity index is 1510. The lowest BCUT2D eigenvalue weighted by molar-refractivity contribution is -0.143. The number of nitrogens with one attached hydrogen (secondary N) is 7. The van der Waals surface area contributed by atoms with Gasteiger partial charge in [-0.15, -0.1) is 0 Å². The molecule has 0 aromatic heterocycles. The molecule has 9 N–H and O–H groups in total. The lowest BCUT2D eigenvalue weighted by Crippen LogP contribution is -2.59. The summed E-state index contributed by atoms with van der Waals surface area (Å²) >= 11 is 0. The summed E-state index contributed by atoms with van der Waals surface area (Å²) in [5.41, 5.74) is 2.94. The molecule has 14 heteroatoms. The Kier molecular flexibility index (Phi) is 17.6. The largest absolute Gasteiger partial charge is 0.508 e. The molecule has 0 aliphatic carbocycles. The molecule has 1 aliphatic rings. The van der Waals surface area contributed by atoms with Gasteiger partial charge in [-0.2, -0.15) is 0 Å². The molecule has 2 aromatic carbocycles. The van der Waals surface area contributed by atoms with Crippen molar-refractivity contribution in [2.75, 3.05) is 54.9 Å². The maximum absolute atomic E-state index is 14.4. The van der Waals surface area contributed by atoms with Crippen LogP contribution in [0.15, 0.2) is 42.5 Å². The van der Waals surface area contributed by atoms with Crippen LogP contribution in [0.5, 0.6) is 5.75 Å². The number of hydrogen-bond donors (Lipinski definition) is 9. The summed E-state index contributed by atoms with van der Waals surface area (Å²) in [6.45, 7) is 5.37. The zero-order chi connectivity index (χ0) is 39.1. The highest BCUT2D eigenvalue weighted by Gasteiger charge is 2.36. The first-order valence-electron chi connectivity index (χ1n) is 18.7. The topological polar surface area (TPSA) is 196 Å². The minimum Gasteiger partial charge on any atom is -0.508 e. The Morgan fingerprint density at radius 3 is 2.38 bits per heavy atom. The fraction of sp³-hybridized carbons (Fsp3) is 0.590. The Balaban J connectivity index is 2.04. The van der Waals surface area contributed by atoms with Crippen LogP contribution in [0.1, 0.15) is 50.7 Å². The van der Waals surface area contributed by atoms with E-state index in [1.165, 1.54) is 11.9 Å². The molecule has 2 aromatic rings. The summed E-state index contributed by atoms with van der Waals surface area (Å²) in [6.07, 6.45) is 1.31. The van der Waals surface area contributed by atoms with Gasteiger partial charge in [0, 0.05) is 45.4 Å². The molecule has 294 valence electrons. The van der Waals surface area contributed by atoms with Gasteiger partial charge in [-0.05, 0) is 94.3 Å². The van der Waals surface area contributed by atoms with Gasteiger partial charge in [0.2, 0.25) is 23.6 Å². The quantitative estimate of drug-likeness (QED) is 0.102. The van der Waals surface area contributed by atoms with Crippen LogP contribution in [0.4, 0.5) is 0 Å². The molecule has 4 bridgehead atoms. The van der Waals surface area contributed by atoms with Crippen LogP contribution in [0, 0.1) is 5.92 Å². The minimum atomic E-state index is -1.19. The summed E-state index contributed by atoms with van der Waals surface area (Å²) in [7, 11) is 8.55. The molecule has 0 fully saturated rings. The van der Waals surface area contributed by atoms with Gasteiger partial charge in [-0.1, -0.05) is 44.2 Å². The molecule has 0 spiro atoms. The van der Waals surface area contributed by atoms with Gasteiger partial charge in [0.15, 0.2) is 0 Å². The van der Waals surface area contributed by atoms with E-state index in [4.69, 9.17) is 0 Å². The van der Waals surface area contributed by atoms with E-state index in [0.29, 0.717) is 18.5 Å². The predicted octanol–water partition coefficient (Wildman–Crippen LogP) is 0.263. The van der Waals surface area contributed by atoms with Crippen molar-refractivity contribution >= 4 is 23.6 Å². The second kappa shape index (κ2) is 21.6. The molecule has 0 saturated carbocycles. The molecule has 53 heavy (non-hydrogen) atoms. The van der Waals surface area contributed by atoms with Crippen molar-refractivity contribution in [3.05, 3.63) is 53.6 Å². The Hall–Kier alpha value is -4.08. The number of aliphatic hydroxyl groups is 1. The molecule has 0 unspecified atom stereocenters. The standard InChI is InChI=1S/C39H62N8O6/c1-24(2)16-32(36(50)44-22-29(42-5)12-9-15-40-3)45-38(52)34-18-25-10-8-11-26(17-25)27-13-14-35(49)28(19-27)20-31(43-6)37(51)46-33(39(53)47(34)7)21-30(48)23-41-4/h8,10-11,13-14,17,19,24,29-34,40-43,48-49H,9,12,15-16,18,20-23H2,1-7H3,(H,44,50)(H,45,52)(H,46,51)/t29-,30+,31-,32-,33-,34-/m0/s1. The fourth-order valence-corrected chi connectivity index (χ4v) is 6.66. The average molecular weight is 739 g/mol. The van der Waals surface area contributed by atoms with Crippen molar-refractivity contribution in [1.82, 2.24) is 42.1 Å². The molecule has 6 atom stereocenters.